The van der Waals surface area contributed by atoms with Crippen LogP contribution in [0.15, 0.2) is 127 Å². The summed E-state index contributed by atoms with van der Waals surface area (Å²) in [6, 6.07) is 29.0. The highest BCUT2D eigenvalue weighted by molar-refractivity contribution is 5.94. The quantitative estimate of drug-likeness (QED) is 0.0224. The molecular formula is C64H71F3O10. The van der Waals surface area contributed by atoms with Crippen LogP contribution in [0.1, 0.15) is 184 Å². The van der Waals surface area contributed by atoms with Gasteiger partial charge in [0.05, 0.1) is 35.5 Å². The molecule has 0 amide bonds. The van der Waals surface area contributed by atoms with Crippen molar-refractivity contribution in [1.82, 2.24) is 0 Å². The minimum Gasteiger partial charge on any atom is -0.491 e. The molecule has 408 valence electrons. The van der Waals surface area contributed by atoms with Crippen molar-refractivity contribution in [2.24, 2.45) is 0 Å². The first kappa shape index (κ1) is 58.8. The highest BCUT2D eigenvalue weighted by Crippen LogP contribution is 2.31. The second-order valence-electron chi connectivity index (χ2n) is 19.1. The predicted octanol–water partition coefficient (Wildman–Crippen LogP) is 17.2. The van der Waals surface area contributed by atoms with Crippen LogP contribution in [0, 0.1) is 17.5 Å². The van der Waals surface area contributed by atoms with E-state index < -0.39 is 41.3 Å². The molecule has 0 saturated carbocycles. The van der Waals surface area contributed by atoms with E-state index in [-0.39, 0.29) is 62.3 Å². The molecule has 0 aliphatic rings. The van der Waals surface area contributed by atoms with E-state index in [1.165, 1.54) is 187 Å². The molecule has 0 unspecified atom stereocenters. The highest BCUT2D eigenvalue weighted by atomic mass is 19.1. The van der Waals surface area contributed by atoms with E-state index in [1.54, 1.807) is 12.1 Å². The third-order valence-corrected chi connectivity index (χ3v) is 13.0. The number of carbonyl (C=O) groups is 4. The van der Waals surface area contributed by atoms with Crippen LogP contribution in [0.5, 0.6) is 34.5 Å². The lowest BCUT2D eigenvalue weighted by molar-refractivity contribution is 0.0719. The van der Waals surface area contributed by atoms with E-state index in [1.807, 2.05) is 0 Å². The molecule has 0 radical (unpaired) electrons. The molecule has 0 spiro atoms. The van der Waals surface area contributed by atoms with Crippen molar-refractivity contribution < 1.29 is 60.8 Å². The third kappa shape index (κ3) is 19.9. The molecule has 0 fully saturated rings. The molecule has 13 heteroatoms. The van der Waals surface area contributed by atoms with Gasteiger partial charge in [0.15, 0.2) is 23.1 Å². The van der Waals surface area contributed by atoms with E-state index in [2.05, 4.69) is 13.8 Å². The molecule has 0 bridgehead atoms. The Morgan fingerprint density at radius 3 is 1.09 bits per heavy atom. The number of ether oxygens (including phenoxy) is 6. The molecule has 0 atom stereocenters. The Balaban J connectivity index is 0.908. The Morgan fingerprint density at radius 2 is 0.688 bits per heavy atom. The van der Waals surface area contributed by atoms with E-state index in [9.17, 15) is 28.0 Å². The lowest BCUT2D eigenvalue weighted by atomic mass is 10.0. The summed E-state index contributed by atoms with van der Waals surface area (Å²) in [5.41, 5.74) is 0.712. The van der Waals surface area contributed by atoms with Gasteiger partial charge < -0.3 is 28.4 Å². The van der Waals surface area contributed by atoms with Gasteiger partial charge in [0.25, 0.3) is 0 Å². The second-order valence-corrected chi connectivity index (χ2v) is 19.1. The number of hydrogen-bond acceptors (Lipinski definition) is 10. The molecule has 6 rings (SSSR count). The second kappa shape index (κ2) is 32.2. The number of esters is 4. The summed E-state index contributed by atoms with van der Waals surface area (Å²) >= 11 is 0. The van der Waals surface area contributed by atoms with Crippen molar-refractivity contribution in [3.8, 4) is 45.6 Å². The van der Waals surface area contributed by atoms with Gasteiger partial charge in [-0.25, -0.2) is 32.3 Å². The van der Waals surface area contributed by atoms with Crippen molar-refractivity contribution in [2.45, 2.75) is 142 Å². The minimum atomic E-state index is -0.800. The van der Waals surface area contributed by atoms with Crippen LogP contribution in [0.3, 0.4) is 0 Å². The smallest absolute Gasteiger partial charge is 0.343 e. The van der Waals surface area contributed by atoms with Crippen molar-refractivity contribution in [2.75, 3.05) is 13.2 Å². The Bertz CT molecular complexity index is 2810. The first-order valence-electron chi connectivity index (χ1n) is 27.3. The number of carbonyl (C=O) groups excluding carboxylic acids is 4. The zero-order valence-corrected chi connectivity index (χ0v) is 44.4. The number of unbranched alkanes of at least 4 members (excludes halogenated alkanes) is 18. The Labute approximate surface area is 451 Å². The van der Waals surface area contributed by atoms with Gasteiger partial charge >= 0.3 is 23.9 Å². The Morgan fingerprint density at radius 1 is 0.338 bits per heavy atom. The molecule has 0 aliphatic carbocycles. The van der Waals surface area contributed by atoms with Gasteiger partial charge in [-0.15, -0.1) is 0 Å². The topological polar surface area (TPSA) is 124 Å². The average molecular weight is 1060 g/mol. The Kier molecular flexibility index (Phi) is 24.6. The molecule has 6 aromatic rings. The van der Waals surface area contributed by atoms with Crippen molar-refractivity contribution in [1.29, 1.82) is 0 Å². The molecule has 77 heavy (non-hydrogen) atoms. The van der Waals surface area contributed by atoms with E-state index in [4.69, 9.17) is 28.4 Å². The van der Waals surface area contributed by atoms with Crippen LogP contribution < -0.4 is 28.4 Å². The molecule has 6 aromatic carbocycles. The average Bonchev–Trinajstić information content (AvgIpc) is 3.43. The summed E-state index contributed by atoms with van der Waals surface area (Å²) in [7, 11) is 0. The van der Waals surface area contributed by atoms with Crippen LogP contribution in [0.2, 0.25) is 0 Å². The number of hydrogen-bond donors (Lipinski definition) is 0. The zero-order chi connectivity index (χ0) is 54.6. The largest absolute Gasteiger partial charge is 0.491 e. The van der Waals surface area contributed by atoms with Crippen molar-refractivity contribution in [3.05, 3.63) is 167 Å². The van der Waals surface area contributed by atoms with Gasteiger partial charge in [-0.2, -0.15) is 0 Å². The first-order chi connectivity index (χ1) is 37.5. The normalized spacial score (nSPS) is 11.0. The summed E-state index contributed by atoms with van der Waals surface area (Å²) < 4.78 is 78.2. The maximum absolute atomic E-state index is 15.5. The summed E-state index contributed by atoms with van der Waals surface area (Å²) in [4.78, 5) is 51.8. The molecular weight excluding hydrogens is 986 g/mol. The highest BCUT2D eigenvalue weighted by Gasteiger charge is 2.18. The van der Waals surface area contributed by atoms with Gasteiger partial charge in [-0.05, 0) is 128 Å². The lowest BCUT2D eigenvalue weighted by Crippen LogP contribution is -2.11. The molecule has 10 nitrogen and oxygen atoms in total. The monoisotopic (exact) mass is 1060 g/mol. The first-order valence-corrected chi connectivity index (χ1v) is 27.3. The summed E-state index contributed by atoms with van der Waals surface area (Å²) in [5, 5.41) is 0. The van der Waals surface area contributed by atoms with Gasteiger partial charge in [0.2, 0.25) is 0 Å². The lowest BCUT2D eigenvalue weighted by Gasteiger charge is -2.10. The summed E-state index contributed by atoms with van der Waals surface area (Å²) in [5.74, 6) is -4.79. The Hall–Kier alpha value is -7.41. The fraction of sp³-hybridized carbons (Fsp3) is 0.375. The van der Waals surface area contributed by atoms with Crippen molar-refractivity contribution >= 4 is 23.9 Å². The molecule has 0 N–H and O–H groups in total. The number of halogens is 3. The van der Waals surface area contributed by atoms with Gasteiger partial charge in [0.1, 0.15) is 28.8 Å². The molecule has 0 saturated heterocycles. The fourth-order valence-electron chi connectivity index (χ4n) is 8.54. The van der Waals surface area contributed by atoms with Crippen LogP contribution in [0.4, 0.5) is 13.2 Å². The molecule has 0 aromatic heterocycles. The fourth-order valence-corrected chi connectivity index (χ4v) is 8.54. The maximum Gasteiger partial charge on any atom is 0.343 e. The number of benzene rings is 6. The van der Waals surface area contributed by atoms with Crippen LogP contribution in [0.25, 0.3) is 11.1 Å². The zero-order valence-electron chi connectivity index (χ0n) is 44.4. The summed E-state index contributed by atoms with van der Waals surface area (Å²) in [6.45, 7) is 5.19. The van der Waals surface area contributed by atoms with Gasteiger partial charge in [0, 0.05) is 11.6 Å². The van der Waals surface area contributed by atoms with Crippen LogP contribution in [-0.4, -0.2) is 37.1 Å². The molecule has 0 heterocycles. The summed E-state index contributed by atoms with van der Waals surface area (Å²) in [6.07, 6.45) is 23.6. The van der Waals surface area contributed by atoms with Gasteiger partial charge in [-0.3, -0.25) is 0 Å². The van der Waals surface area contributed by atoms with Gasteiger partial charge in [-0.1, -0.05) is 142 Å². The molecule has 0 aliphatic heterocycles. The van der Waals surface area contributed by atoms with E-state index >= 15 is 4.39 Å². The minimum absolute atomic E-state index is 0.00646. The SMILES string of the molecule is CCCCCCCCCCCCOc1ccc(C(=O)Oc2ccc(C(=O)Oc3cccc(-c4ccc(OC(=O)c5ccc(OC(=O)c6ccc(OCCCCCCCCCCCC)c(F)c6)cc5)cc4F)c3)cc2)cc1F. The van der Waals surface area contributed by atoms with E-state index in [0.29, 0.717) is 18.8 Å². The van der Waals surface area contributed by atoms with Crippen LogP contribution >= 0.6 is 0 Å². The van der Waals surface area contributed by atoms with E-state index in [0.717, 1.165) is 56.7 Å². The standard InChI is InChI=1S/C64H71F3O10/c1-3-5-7-9-11-13-15-17-19-21-40-72-59-38-30-49(43-57(59)66)63(70)74-51-32-26-46(27-33-51)61(68)76-53-25-23-24-48(42-53)55-37-36-54(45-56(55)65)77-62(69)47-28-34-52(35-29-47)75-64(71)50-31-39-60(58(67)44-50)73-41-22-20-18-16-14-12-10-8-6-4-2/h23-39,42-45H,3-22,40-41H2,1-2H3. The van der Waals surface area contributed by atoms with Crippen LogP contribution in [-0.2, 0) is 0 Å². The predicted molar refractivity (Wildman–Crippen MR) is 292 cm³/mol. The third-order valence-electron chi connectivity index (χ3n) is 13.0. The van der Waals surface area contributed by atoms with Crippen molar-refractivity contribution in [3.63, 3.8) is 0 Å². The number of rotatable bonds is 33. The maximum atomic E-state index is 15.5.